The van der Waals surface area contributed by atoms with Gasteiger partial charge in [-0.25, -0.2) is 5.43 Å². The number of aryl methyl sites for hydroxylation is 1. The van der Waals surface area contributed by atoms with Crippen molar-refractivity contribution in [1.29, 1.82) is 0 Å². The van der Waals surface area contributed by atoms with Gasteiger partial charge in [-0.1, -0.05) is 19.8 Å². The summed E-state index contributed by atoms with van der Waals surface area (Å²) >= 11 is 3.66. The number of likely N-dealkylation sites (N-methyl/N-ethyl adjacent to an activating group) is 1. The molecule has 2 rings (SSSR count). The maximum Gasteiger partial charge on any atom is 0.0823 e. The van der Waals surface area contributed by atoms with Gasteiger partial charge in [-0.3, -0.25) is 10.5 Å². The fourth-order valence-corrected chi connectivity index (χ4v) is 4.42. The van der Waals surface area contributed by atoms with Crippen LogP contribution >= 0.6 is 15.9 Å². The van der Waals surface area contributed by atoms with Crippen LogP contribution in [0.2, 0.25) is 0 Å². The van der Waals surface area contributed by atoms with Gasteiger partial charge in [0.15, 0.2) is 0 Å². The predicted octanol–water partition coefficient (Wildman–Crippen LogP) is 2.68. The summed E-state index contributed by atoms with van der Waals surface area (Å²) < 4.78 is 3.07. The van der Waals surface area contributed by atoms with Crippen molar-refractivity contribution in [3.8, 4) is 0 Å². The Bertz CT molecular complexity index is 473. The Balaban J connectivity index is 2.47. The van der Waals surface area contributed by atoms with Crippen LogP contribution in [0.3, 0.4) is 0 Å². The first-order valence-corrected chi connectivity index (χ1v) is 8.60. The van der Waals surface area contributed by atoms with Crippen LogP contribution in [0.4, 0.5) is 0 Å². The van der Waals surface area contributed by atoms with Crippen LogP contribution in [0, 0.1) is 5.92 Å². The molecule has 1 aliphatic rings. The molecule has 0 saturated heterocycles. The standard InChI is InChI=1S/C15H28BrN5/c1-5-21-13(12(16)10-18-21)14(19-17)15(20(3)4)8-6-7-11(2)9-15/h10-11,14,19H,5-9,17H2,1-4H3. The van der Waals surface area contributed by atoms with Crippen molar-refractivity contribution in [3.05, 3.63) is 16.4 Å². The van der Waals surface area contributed by atoms with Crippen molar-refractivity contribution in [3.63, 3.8) is 0 Å². The highest BCUT2D eigenvalue weighted by Gasteiger charge is 2.45. The Labute approximate surface area is 136 Å². The lowest BCUT2D eigenvalue weighted by Crippen LogP contribution is -2.57. The van der Waals surface area contributed by atoms with Gasteiger partial charge in [0.05, 0.1) is 22.4 Å². The van der Waals surface area contributed by atoms with E-state index in [0.29, 0.717) is 5.92 Å². The van der Waals surface area contributed by atoms with E-state index in [1.54, 1.807) is 0 Å². The highest BCUT2D eigenvalue weighted by molar-refractivity contribution is 9.10. The number of hydrazine groups is 1. The summed E-state index contributed by atoms with van der Waals surface area (Å²) in [5.41, 5.74) is 4.28. The van der Waals surface area contributed by atoms with Crippen LogP contribution in [0.25, 0.3) is 0 Å². The van der Waals surface area contributed by atoms with Gasteiger partial charge in [-0.05, 0) is 55.7 Å². The number of nitrogens with one attached hydrogen (secondary N) is 1. The lowest BCUT2D eigenvalue weighted by molar-refractivity contribution is 0.0334. The van der Waals surface area contributed by atoms with Crippen molar-refractivity contribution >= 4 is 15.9 Å². The zero-order chi connectivity index (χ0) is 15.6. The lowest BCUT2D eigenvalue weighted by atomic mass is 9.70. The van der Waals surface area contributed by atoms with Gasteiger partial charge < -0.3 is 4.90 Å². The van der Waals surface area contributed by atoms with Crippen LogP contribution in [-0.4, -0.2) is 34.3 Å². The highest BCUT2D eigenvalue weighted by Crippen LogP contribution is 2.45. The summed E-state index contributed by atoms with van der Waals surface area (Å²) in [7, 11) is 4.34. The second-order valence-corrected chi connectivity index (χ2v) is 7.35. The molecule has 1 heterocycles. The molecule has 1 aliphatic carbocycles. The number of aromatic nitrogens is 2. The van der Waals surface area contributed by atoms with Crippen LogP contribution in [0.15, 0.2) is 10.7 Å². The number of hydrogen-bond acceptors (Lipinski definition) is 4. The fourth-order valence-electron chi connectivity index (χ4n) is 3.89. The number of nitrogens with two attached hydrogens (primary N) is 1. The highest BCUT2D eigenvalue weighted by atomic mass is 79.9. The van der Waals surface area contributed by atoms with Gasteiger partial charge in [0.1, 0.15) is 0 Å². The minimum atomic E-state index is 0.0297. The minimum Gasteiger partial charge on any atom is -0.302 e. The quantitative estimate of drug-likeness (QED) is 0.628. The second kappa shape index (κ2) is 6.77. The van der Waals surface area contributed by atoms with E-state index in [0.717, 1.165) is 29.6 Å². The third-order valence-corrected chi connectivity index (χ3v) is 5.62. The van der Waals surface area contributed by atoms with E-state index in [4.69, 9.17) is 5.84 Å². The molecule has 1 saturated carbocycles. The summed E-state index contributed by atoms with van der Waals surface area (Å²) in [6.45, 7) is 5.30. The maximum atomic E-state index is 6.02. The van der Waals surface area contributed by atoms with Gasteiger partial charge in [-0.2, -0.15) is 5.10 Å². The average Bonchev–Trinajstić information content (AvgIpc) is 2.81. The molecule has 3 unspecified atom stereocenters. The molecule has 1 aromatic rings. The largest absolute Gasteiger partial charge is 0.302 e. The zero-order valence-corrected chi connectivity index (χ0v) is 15.2. The Morgan fingerprint density at radius 3 is 2.86 bits per heavy atom. The Morgan fingerprint density at radius 1 is 1.62 bits per heavy atom. The van der Waals surface area contributed by atoms with E-state index in [9.17, 15) is 0 Å². The molecule has 0 radical (unpaired) electrons. The van der Waals surface area contributed by atoms with E-state index in [2.05, 4.69) is 59.3 Å². The minimum absolute atomic E-state index is 0.0297. The molecular formula is C15H28BrN5. The molecular weight excluding hydrogens is 330 g/mol. The van der Waals surface area contributed by atoms with Gasteiger partial charge in [-0.15, -0.1) is 0 Å². The summed E-state index contributed by atoms with van der Waals surface area (Å²) in [5.74, 6) is 6.73. The Morgan fingerprint density at radius 2 is 2.33 bits per heavy atom. The molecule has 0 amide bonds. The van der Waals surface area contributed by atoms with Gasteiger partial charge >= 0.3 is 0 Å². The number of halogens is 1. The normalized spacial score (nSPS) is 28.0. The van der Waals surface area contributed by atoms with Gasteiger partial charge in [0.2, 0.25) is 0 Å². The van der Waals surface area contributed by atoms with E-state index < -0.39 is 0 Å². The predicted molar refractivity (Wildman–Crippen MR) is 89.7 cm³/mol. The zero-order valence-electron chi connectivity index (χ0n) is 13.6. The average molecular weight is 358 g/mol. The van der Waals surface area contributed by atoms with Gasteiger partial charge in [0, 0.05) is 12.1 Å². The molecule has 3 atom stereocenters. The van der Waals surface area contributed by atoms with Crippen molar-refractivity contribution in [1.82, 2.24) is 20.1 Å². The molecule has 21 heavy (non-hydrogen) atoms. The summed E-state index contributed by atoms with van der Waals surface area (Å²) in [5, 5.41) is 4.46. The third-order valence-electron chi connectivity index (χ3n) is 5.01. The van der Waals surface area contributed by atoms with E-state index in [1.165, 1.54) is 12.8 Å². The fraction of sp³-hybridized carbons (Fsp3) is 0.800. The van der Waals surface area contributed by atoms with Crippen molar-refractivity contribution in [2.45, 2.75) is 57.7 Å². The first kappa shape index (κ1) is 16.9. The SMILES string of the molecule is CCn1ncc(Br)c1C(NN)C1(N(C)C)CCCC(C)C1. The van der Waals surface area contributed by atoms with E-state index in [1.807, 2.05) is 10.9 Å². The molecule has 1 aromatic heterocycles. The van der Waals surface area contributed by atoms with E-state index in [-0.39, 0.29) is 11.6 Å². The second-order valence-electron chi connectivity index (χ2n) is 6.49. The number of rotatable bonds is 5. The van der Waals surface area contributed by atoms with Gasteiger partial charge in [0.25, 0.3) is 0 Å². The molecule has 0 aliphatic heterocycles. The molecule has 6 heteroatoms. The third kappa shape index (κ3) is 3.04. The first-order chi connectivity index (χ1) is 9.96. The molecule has 0 spiro atoms. The first-order valence-electron chi connectivity index (χ1n) is 7.81. The van der Waals surface area contributed by atoms with Crippen LogP contribution < -0.4 is 11.3 Å². The molecule has 3 N–H and O–H groups in total. The number of hydrogen-bond donors (Lipinski definition) is 2. The lowest BCUT2D eigenvalue weighted by Gasteiger charge is -2.50. The van der Waals surface area contributed by atoms with Crippen LogP contribution in [0.1, 0.15) is 51.3 Å². The summed E-state index contributed by atoms with van der Waals surface area (Å²) in [4.78, 5) is 2.35. The molecule has 120 valence electrons. The van der Waals surface area contributed by atoms with Crippen molar-refractivity contribution < 1.29 is 0 Å². The summed E-state index contributed by atoms with van der Waals surface area (Å²) in [6, 6.07) is 0.0621. The van der Waals surface area contributed by atoms with Crippen molar-refractivity contribution in [2.75, 3.05) is 14.1 Å². The maximum absolute atomic E-state index is 6.02. The Kier molecular flexibility index (Phi) is 5.46. The topological polar surface area (TPSA) is 59.1 Å². The van der Waals surface area contributed by atoms with E-state index >= 15 is 0 Å². The molecule has 0 aromatic carbocycles. The molecule has 1 fully saturated rings. The molecule has 0 bridgehead atoms. The monoisotopic (exact) mass is 357 g/mol. The molecule has 5 nitrogen and oxygen atoms in total. The van der Waals surface area contributed by atoms with Crippen LogP contribution in [0.5, 0.6) is 0 Å². The van der Waals surface area contributed by atoms with Crippen LogP contribution in [-0.2, 0) is 6.54 Å². The number of nitrogens with zero attached hydrogens (tertiary/aromatic N) is 3. The smallest absolute Gasteiger partial charge is 0.0823 e. The summed E-state index contributed by atoms with van der Waals surface area (Å²) in [6.07, 6.45) is 6.73. The van der Waals surface area contributed by atoms with Crippen molar-refractivity contribution in [2.24, 2.45) is 11.8 Å². The Hall–Kier alpha value is -0.430.